The monoisotopic (exact) mass is 252 g/mol. The van der Waals surface area contributed by atoms with Crippen molar-refractivity contribution in [2.75, 3.05) is 18.6 Å². The van der Waals surface area contributed by atoms with Gasteiger partial charge in [0.15, 0.2) is 0 Å². The number of amides is 1. The van der Waals surface area contributed by atoms with E-state index in [1.807, 2.05) is 0 Å². The Hall–Kier alpha value is 0.0700. The van der Waals surface area contributed by atoms with E-state index in [-0.39, 0.29) is 30.4 Å². The zero-order chi connectivity index (χ0) is 10.4. The third-order valence-electron chi connectivity index (χ3n) is 2.43. The van der Waals surface area contributed by atoms with Crippen molar-refractivity contribution in [3.05, 3.63) is 0 Å². The first kappa shape index (κ1) is 15.1. The molecule has 0 bridgehead atoms. The third kappa shape index (κ3) is 5.64. The number of hydrogen-bond acceptors (Lipinski definition) is 3. The van der Waals surface area contributed by atoms with Crippen molar-refractivity contribution >= 4 is 30.1 Å². The normalized spacial score (nSPS) is 22.7. The summed E-state index contributed by atoms with van der Waals surface area (Å²) in [4.78, 5) is 11.7. The minimum Gasteiger partial charge on any atom is -0.351 e. The molecule has 1 unspecified atom stereocenters. The van der Waals surface area contributed by atoms with Crippen molar-refractivity contribution in [2.24, 2.45) is 0 Å². The van der Waals surface area contributed by atoms with Crippen LogP contribution in [-0.2, 0) is 4.79 Å². The van der Waals surface area contributed by atoms with Gasteiger partial charge < -0.3 is 10.6 Å². The molecular formula is C10H21ClN2OS. The summed E-state index contributed by atoms with van der Waals surface area (Å²) in [7, 11) is 0. The second-order valence-electron chi connectivity index (χ2n) is 3.87. The summed E-state index contributed by atoms with van der Waals surface area (Å²) in [5, 5.41) is 6.28. The topological polar surface area (TPSA) is 41.1 Å². The number of carbonyl (C=O) groups is 1. The summed E-state index contributed by atoms with van der Waals surface area (Å²) in [5.41, 5.74) is 0. The van der Waals surface area contributed by atoms with Crippen molar-refractivity contribution in [1.29, 1.82) is 0 Å². The average molecular weight is 253 g/mol. The minimum atomic E-state index is 0. The molecule has 1 rings (SSSR count). The number of nitrogens with one attached hydrogen (secondary N) is 2. The van der Waals surface area contributed by atoms with Gasteiger partial charge in [-0.15, -0.1) is 12.4 Å². The molecule has 1 saturated heterocycles. The first-order valence-corrected chi connectivity index (χ1v) is 6.66. The fourth-order valence-electron chi connectivity index (χ4n) is 1.71. The van der Waals surface area contributed by atoms with E-state index in [4.69, 9.17) is 0 Å². The van der Waals surface area contributed by atoms with Crippen LogP contribution in [0.5, 0.6) is 0 Å². The Morgan fingerprint density at radius 2 is 2.33 bits per heavy atom. The summed E-state index contributed by atoms with van der Waals surface area (Å²) < 4.78 is 0. The predicted molar refractivity (Wildman–Crippen MR) is 68.9 cm³/mol. The maximum atomic E-state index is 11.7. The average Bonchev–Trinajstić information content (AvgIpc) is 2.19. The van der Waals surface area contributed by atoms with E-state index >= 15 is 0 Å². The molecule has 0 aliphatic carbocycles. The standard InChI is InChI=1S/C10H20N2OS.ClH/c1-8(7-14-2)12-10(13)9-5-3-4-6-11-9;/h8-9,11H,3-7H2,1-2H3,(H,12,13);1H/t8?,9-;/m0./s1. The molecule has 0 aromatic heterocycles. The summed E-state index contributed by atoms with van der Waals surface area (Å²) in [6, 6.07) is 0.328. The first-order chi connectivity index (χ1) is 6.74. The lowest BCUT2D eigenvalue weighted by Gasteiger charge is -2.24. The van der Waals surface area contributed by atoms with Crippen LogP contribution in [0.25, 0.3) is 0 Å². The van der Waals surface area contributed by atoms with Crippen LogP contribution in [-0.4, -0.2) is 36.5 Å². The molecule has 2 atom stereocenters. The number of hydrogen-bond donors (Lipinski definition) is 2. The fraction of sp³-hybridized carbons (Fsp3) is 0.900. The van der Waals surface area contributed by atoms with Gasteiger partial charge in [0.2, 0.25) is 5.91 Å². The number of piperidine rings is 1. The van der Waals surface area contributed by atoms with Crippen molar-refractivity contribution in [3.63, 3.8) is 0 Å². The van der Waals surface area contributed by atoms with E-state index in [9.17, 15) is 4.79 Å². The Morgan fingerprint density at radius 3 is 2.87 bits per heavy atom. The molecular weight excluding hydrogens is 232 g/mol. The predicted octanol–water partition coefficient (Wildman–Crippen LogP) is 1.42. The van der Waals surface area contributed by atoms with Gasteiger partial charge in [-0.1, -0.05) is 6.42 Å². The second-order valence-corrected chi connectivity index (χ2v) is 4.78. The molecule has 1 aliphatic rings. The zero-order valence-corrected chi connectivity index (χ0v) is 11.0. The highest BCUT2D eigenvalue weighted by Crippen LogP contribution is 2.07. The van der Waals surface area contributed by atoms with Crippen molar-refractivity contribution in [1.82, 2.24) is 10.6 Å². The van der Waals surface area contributed by atoms with Crippen LogP contribution in [0.1, 0.15) is 26.2 Å². The molecule has 15 heavy (non-hydrogen) atoms. The molecule has 1 fully saturated rings. The van der Waals surface area contributed by atoms with E-state index in [1.165, 1.54) is 12.8 Å². The lowest BCUT2D eigenvalue weighted by Crippen LogP contribution is -2.49. The SMILES string of the molecule is CSCC(C)NC(=O)[C@@H]1CCCCN1.Cl. The van der Waals surface area contributed by atoms with Crippen molar-refractivity contribution in [2.45, 2.75) is 38.3 Å². The van der Waals surface area contributed by atoms with Crippen LogP contribution in [0.4, 0.5) is 0 Å². The Kier molecular flexibility index (Phi) is 8.29. The summed E-state index contributed by atoms with van der Waals surface area (Å²) in [5.74, 6) is 1.16. The minimum absolute atomic E-state index is 0. The molecule has 2 N–H and O–H groups in total. The van der Waals surface area contributed by atoms with Gasteiger partial charge in [0.05, 0.1) is 6.04 Å². The number of rotatable bonds is 4. The van der Waals surface area contributed by atoms with Crippen molar-refractivity contribution < 1.29 is 4.79 Å². The number of carbonyl (C=O) groups excluding carboxylic acids is 1. The summed E-state index contributed by atoms with van der Waals surface area (Å²) in [6.07, 6.45) is 5.41. The maximum absolute atomic E-state index is 11.7. The van der Waals surface area contributed by atoms with Gasteiger partial charge in [0.1, 0.15) is 0 Å². The lowest BCUT2D eigenvalue weighted by molar-refractivity contribution is -0.124. The van der Waals surface area contributed by atoms with E-state index in [0.717, 1.165) is 18.7 Å². The molecule has 0 aromatic rings. The largest absolute Gasteiger partial charge is 0.351 e. The molecule has 1 aliphatic heterocycles. The Balaban J connectivity index is 0.00000196. The summed E-state index contributed by atoms with van der Waals surface area (Å²) >= 11 is 1.76. The highest BCUT2D eigenvalue weighted by atomic mass is 35.5. The number of thioether (sulfide) groups is 1. The summed E-state index contributed by atoms with van der Waals surface area (Å²) in [6.45, 7) is 3.03. The lowest BCUT2D eigenvalue weighted by atomic mass is 10.0. The van der Waals surface area contributed by atoms with Crippen LogP contribution in [0.2, 0.25) is 0 Å². The van der Waals surface area contributed by atoms with Gasteiger partial charge in [-0.25, -0.2) is 0 Å². The molecule has 5 heteroatoms. The highest BCUT2D eigenvalue weighted by Gasteiger charge is 2.21. The first-order valence-electron chi connectivity index (χ1n) is 5.26. The number of halogens is 1. The smallest absolute Gasteiger partial charge is 0.237 e. The quantitative estimate of drug-likeness (QED) is 0.795. The van der Waals surface area contributed by atoms with Gasteiger partial charge in [-0.05, 0) is 32.6 Å². The van der Waals surface area contributed by atoms with E-state index in [1.54, 1.807) is 11.8 Å². The van der Waals surface area contributed by atoms with Crippen LogP contribution in [0, 0.1) is 0 Å². The van der Waals surface area contributed by atoms with E-state index in [0.29, 0.717) is 0 Å². The van der Waals surface area contributed by atoms with E-state index in [2.05, 4.69) is 23.8 Å². The van der Waals surface area contributed by atoms with Gasteiger partial charge in [-0.3, -0.25) is 4.79 Å². The second kappa shape index (κ2) is 8.25. The van der Waals surface area contributed by atoms with Gasteiger partial charge in [-0.2, -0.15) is 11.8 Å². The van der Waals surface area contributed by atoms with Crippen LogP contribution in [0.15, 0.2) is 0 Å². The van der Waals surface area contributed by atoms with Gasteiger partial charge in [0, 0.05) is 11.8 Å². The van der Waals surface area contributed by atoms with Crippen molar-refractivity contribution in [3.8, 4) is 0 Å². The Morgan fingerprint density at radius 1 is 1.60 bits per heavy atom. The Bertz CT molecular complexity index is 186. The maximum Gasteiger partial charge on any atom is 0.237 e. The zero-order valence-electron chi connectivity index (χ0n) is 9.41. The fourth-order valence-corrected chi connectivity index (χ4v) is 2.29. The van der Waals surface area contributed by atoms with E-state index < -0.39 is 0 Å². The molecule has 0 aromatic carbocycles. The highest BCUT2D eigenvalue weighted by molar-refractivity contribution is 7.98. The van der Waals surface area contributed by atoms with Crippen LogP contribution >= 0.6 is 24.2 Å². The van der Waals surface area contributed by atoms with Gasteiger partial charge >= 0.3 is 0 Å². The van der Waals surface area contributed by atoms with Crippen LogP contribution in [0.3, 0.4) is 0 Å². The molecule has 0 radical (unpaired) electrons. The third-order valence-corrected chi connectivity index (χ3v) is 3.27. The molecule has 0 spiro atoms. The van der Waals surface area contributed by atoms with Crippen LogP contribution < -0.4 is 10.6 Å². The molecule has 1 amide bonds. The van der Waals surface area contributed by atoms with Gasteiger partial charge in [0.25, 0.3) is 0 Å². The molecule has 1 heterocycles. The Labute approximate surface area is 103 Å². The molecule has 0 saturated carbocycles. The molecule has 90 valence electrons. The molecule has 3 nitrogen and oxygen atoms in total.